The van der Waals surface area contributed by atoms with Gasteiger partial charge in [0.05, 0.1) is 12.4 Å². The SMILES string of the molecule is CNc1nc(Oc2cnn(C(C)C)c2)nc(N(C)C)n1. The van der Waals surface area contributed by atoms with Gasteiger partial charge in [-0.2, -0.15) is 20.1 Å². The van der Waals surface area contributed by atoms with E-state index in [1.165, 1.54) is 0 Å². The molecule has 0 radical (unpaired) electrons. The number of hydrogen-bond acceptors (Lipinski definition) is 7. The molecule has 0 saturated carbocycles. The summed E-state index contributed by atoms with van der Waals surface area (Å²) in [4.78, 5) is 14.4. The molecule has 8 heteroatoms. The lowest BCUT2D eigenvalue weighted by Gasteiger charge is -2.12. The number of rotatable bonds is 5. The van der Waals surface area contributed by atoms with Gasteiger partial charge in [-0.05, 0) is 13.8 Å². The highest BCUT2D eigenvalue weighted by molar-refractivity contribution is 5.37. The third-order valence-corrected chi connectivity index (χ3v) is 2.54. The first-order valence-corrected chi connectivity index (χ1v) is 6.32. The maximum absolute atomic E-state index is 5.63. The summed E-state index contributed by atoms with van der Waals surface area (Å²) in [7, 11) is 5.46. The Balaban J connectivity index is 2.25. The van der Waals surface area contributed by atoms with Crippen molar-refractivity contribution in [1.82, 2.24) is 24.7 Å². The molecular formula is C12H19N7O. The zero-order valence-corrected chi connectivity index (χ0v) is 12.3. The number of hydrogen-bond donors (Lipinski definition) is 1. The van der Waals surface area contributed by atoms with E-state index in [0.717, 1.165) is 0 Å². The van der Waals surface area contributed by atoms with Gasteiger partial charge in [0.1, 0.15) is 0 Å². The average Bonchev–Trinajstić information content (AvgIpc) is 2.87. The molecule has 1 N–H and O–H groups in total. The van der Waals surface area contributed by atoms with E-state index >= 15 is 0 Å². The summed E-state index contributed by atoms with van der Waals surface area (Å²) < 4.78 is 7.44. The fourth-order valence-corrected chi connectivity index (χ4v) is 1.46. The predicted molar refractivity (Wildman–Crippen MR) is 76.4 cm³/mol. The van der Waals surface area contributed by atoms with E-state index in [1.807, 2.05) is 38.8 Å². The molecule has 0 amide bonds. The first-order chi connectivity index (χ1) is 9.49. The summed E-state index contributed by atoms with van der Waals surface area (Å²) in [5.74, 6) is 1.57. The Labute approximate surface area is 117 Å². The maximum Gasteiger partial charge on any atom is 0.328 e. The molecule has 0 aliphatic carbocycles. The number of nitrogens with zero attached hydrogens (tertiary/aromatic N) is 6. The van der Waals surface area contributed by atoms with Crippen LogP contribution in [0.25, 0.3) is 0 Å². The molecule has 0 fully saturated rings. The zero-order valence-electron chi connectivity index (χ0n) is 12.3. The number of nitrogens with one attached hydrogen (secondary N) is 1. The van der Waals surface area contributed by atoms with Crippen LogP contribution in [0.4, 0.5) is 11.9 Å². The average molecular weight is 277 g/mol. The second-order valence-corrected chi connectivity index (χ2v) is 4.74. The molecule has 108 valence electrons. The minimum Gasteiger partial charge on any atom is -0.421 e. The molecule has 0 saturated heterocycles. The first-order valence-electron chi connectivity index (χ1n) is 6.32. The third kappa shape index (κ3) is 3.14. The minimum absolute atomic E-state index is 0.233. The largest absolute Gasteiger partial charge is 0.421 e. The molecule has 0 unspecified atom stereocenters. The Morgan fingerprint density at radius 2 is 2.00 bits per heavy atom. The molecular weight excluding hydrogens is 258 g/mol. The first kappa shape index (κ1) is 14.0. The van der Waals surface area contributed by atoms with Crippen LogP contribution in [-0.2, 0) is 0 Å². The fraction of sp³-hybridized carbons (Fsp3) is 0.500. The topological polar surface area (TPSA) is 81.0 Å². The Hall–Kier alpha value is -2.38. The third-order valence-electron chi connectivity index (χ3n) is 2.54. The van der Waals surface area contributed by atoms with Crippen LogP contribution in [-0.4, -0.2) is 45.9 Å². The van der Waals surface area contributed by atoms with Gasteiger partial charge in [0.25, 0.3) is 0 Å². The standard InChI is InChI=1S/C12H19N7O/c1-8(2)19-7-9(6-14-19)20-12-16-10(13-3)15-11(17-12)18(4)5/h6-8H,1-5H3,(H,13,15,16,17). The van der Waals surface area contributed by atoms with Gasteiger partial charge >= 0.3 is 6.01 Å². The number of ether oxygens (including phenoxy) is 1. The van der Waals surface area contributed by atoms with E-state index < -0.39 is 0 Å². The van der Waals surface area contributed by atoms with Crippen LogP contribution in [0.3, 0.4) is 0 Å². The molecule has 8 nitrogen and oxygen atoms in total. The van der Waals surface area contributed by atoms with E-state index in [9.17, 15) is 0 Å². The van der Waals surface area contributed by atoms with Gasteiger partial charge in [-0.15, -0.1) is 0 Å². The van der Waals surface area contributed by atoms with Crippen LogP contribution in [0.1, 0.15) is 19.9 Å². The van der Waals surface area contributed by atoms with Crippen molar-refractivity contribution in [2.75, 3.05) is 31.4 Å². The molecule has 0 atom stereocenters. The summed E-state index contributed by atoms with van der Waals surface area (Å²) in [6.45, 7) is 4.09. The molecule has 2 heterocycles. The van der Waals surface area contributed by atoms with Crippen molar-refractivity contribution in [1.29, 1.82) is 0 Å². The van der Waals surface area contributed by atoms with Crippen molar-refractivity contribution in [3.05, 3.63) is 12.4 Å². The van der Waals surface area contributed by atoms with Crippen molar-refractivity contribution in [3.63, 3.8) is 0 Å². The van der Waals surface area contributed by atoms with Crippen LogP contribution in [0.5, 0.6) is 11.8 Å². The van der Waals surface area contributed by atoms with Crippen LogP contribution < -0.4 is 15.0 Å². The summed E-state index contributed by atoms with van der Waals surface area (Å²) >= 11 is 0. The van der Waals surface area contributed by atoms with Gasteiger partial charge in [0, 0.05) is 27.2 Å². The lowest BCUT2D eigenvalue weighted by atomic mass is 10.4. The number of anilines is 2. The molecule has 0 bridgehead atoms. The normalized spacial score (nSPS) is 10.7. The van der Waals surface area contributed by atoms with Gasteiger partial charge in [0.2, 0.25) is 11.9 Å². The van der Waals surface area contributed by atoms with E-state index in [4.69, 9.17) is 4.74 Å². The quantitative estimate of drug-likeness (QED) is 0.887. The van der Waals surface area contributed by atoms with Crippen LogP contribution in [0, 0.1) is 0 Å². The molecule has 0 aliphatic rings. The Morgan fingerprint density at radius 3 is 2.55 bits per heavy atom. The Bertz CT molecular complexity index is 579. The van der Waals surface area contributed by atoms with Crippen molar-refractivity contribution in [2.24, 2.45) is 0 Å². The summed E-state index contributed by atoms with van der Waals surface area (Å²) in [6.07, 6.45) is 3.45. The summed E-state index contributed by atoms with van der Waals surface area (Å²) in [5.41, 5.74) is 0. The monoisotopic (exact) mass is 277 g/mol. The zero-order chi connectivity index (χ0) is 14.7. The number of aromatic nitrogens is 5. The maximum atomic E-state index is 5.63. The minimum atomic E-state index is 0.233. The van der Waals surface area contributed by atoms with Gasteiger partial charge in [0.15, 0.2) is 5.75 Å². The molecule has 0 spiro atoms. The molecule has 2 rings (SSSR count). The molecule has 2 aromatic heterocycles. The van der Waals surface area contributed by atoms with Crippen molar-refractivity contribution in [2.45, 2.75) is 19.9 Å². The van der Waals surface area contributed by atoms with Crippen LogP contribution in [0.2, 0.25) is 0 Å². The lowest BCUT2D eigenvalue weighted by Crippen LogP contribution is -2.15. The van der Waals surface area contributed by atoms with Gasteiger partial charge < -0.3 is 15.0 Å². The molecule has 0 aliphatic heterocycles. The highest BCUT2D eigenvalue weighted by Crippen LogP contribution is 2.20. The van der Waals surface area contributed by atoms with E-state index in [0.29, 0.717) is 17.6 Å². The second kappa shape index (κ2) is 5.72. The smallest absolute Gasteiger partial charge is 0.328 e. The van der Waals surface area contributed by atoms with E-state index in [1.54, 1.807) is 18.1 Å². The van der Waals surface area contributed by atoms with Crippen LogP contribution in [0.15, 0.2) is 12.4 Å². The Kier molecular flexibility index (Phi) is 4.02. The van der Waals surface area contributed by atoms with Gasteiger partial charge in [-0.1, -0.05) is 0 Å². The highest BCUT2D eigenvalue weighted by Gasteiger charge is 2.10. The second-order valence-electron chi connectivity index (χ2n) is 4.74. The molecule has 2 aromatic rings. The van der Waals surface area contributed by atoms with Crippen molar-refractivity contribution >= 4 is 11.9 Å². The van der Waals surface area contributed by atoms with Crippen molar-refractivity contribution in [3.8, 4) is 11.8 Å². The predicted octanol–water partition coefficient (Wildman–Crippen LogP) is 1.55. The van der Waals surface area contributed by atoms with E-state index in [2.05, 4.69) is 25.4 Å². The van der Waals surface area contributed by atoms with E-state index in [-0.39, 0.29) is 12.1 Å². The Morgan fingerprint density at radius 1 is 1.25 bits per heavy atom. The van der Waals surface area contributed by atoms with Gasteiger partial charge in [-0.25, -0.2) is 0 Å². The summed E-state index contributed by atoms with van der Waals surface area (Å²) in [5, 5.41) is 7.09. The summed E-state index contributed by atoms with van der Waals surface area (Å²) in [6, 6.07) is 0.507. The highest BCUT2D eigenvalue weighted by atomic mass is 16.5. The molecule has 20 heavy (non-hydrogen) atoms. The van der Waals surface area contributed by atoms with Gasteiger partial charge in [-0.3, -0.25) is 4.68 Å². The molecule has 0 aromatic carbocycles. The fourth-order valence-electron chi connectivity index (χ4n) is 1.46. The van der Waals surface area contributed by atoms with Crippen LogP contribution >= 0.6 is 0 Å². The lowest BCUT2D eigenvalue weighted by molar-refractivity contribution is 0.438. The van der Waals surface area contributed by atoms with Crippen molar-refractivity contribution < 1.29 is 4.74 Å².